The average molecular weight is 293 g/mol. The number of aliphatic imine (C=N–C) groups is 1. The van der Waals surface area contributed by atoms with E-state index >= 15 is 0 Å². The molecule has 1 aromatic carbocycles. The molecule has 22 heavy (non-hydrogen) atoms. The lowest BCUT2D eigenvalue weighted by Gasteiger charge is -2.20. The smallest absolute Gasteiger partial charge is 0.174 e. The first kappa shape index (κ1) is 17.0. The van der Waals surface area contributed by atoms with E-state index in [2.05, 4.69) is 35.9 Å². The molecule has 1 rings (SSSR count). The molecule has 0 amide bonds. The van der Waals surface area contributed by atoms with Gasteiger partial charge in [0.05, 0.1) is 0 Å². The van der Waals surface area contributed by atoms with Crippen molar-refractivity contribution in [1.29, 1.82) is 10.5 Å². The van der Waals surface area contributed by atoms with Gasteiger partial charge in [0.25, 0.3) is 0 Å². The van der Waals surface area contributed by atoms with Crippen LogP contribution in [-0.2, 0) is 0 Å². The minimum atomic E-state index is -0.185. The van der Waals surface area contributed by atoms with Crippen molar-refractivity contribution >= 4 is 18.0 Å². The number of allylic oxidation sites excluding steroid dienone is 3. The molecule has 0 unspecified atom stereocenters. The van der Waals surface area contributed by atoms with Gasteiger partial charge in [-0.05, 0) is 37.6 Å². The Balaban J connectivity index is 2.76. The Morgan fingerprint density at radius 3 is 2.32 bits per heavy atom. The molecule has 5 heteroatoms. The van der Waals surface area contributed by atoms with Crippen LogP contribution in [0.1, 0.15) is 19.4 Å². The Morgan fingerprint density at radius 2 is 1.82 bits per heavy atom. The second-order valence-corrected chi connectivity index (χ2v) is 4.39. The van der Waals surface area contributed by atoms with Gasteiger partial charge in [0.2, 0.25) is 0 Å². The maximum atomic E-state index is 8.79. The van der Waals surface area contributed by atoms with Crippen molar-refractivity contribution in [3.05, 3.63) is 47.3 Å². The van der Waals surface area contributed by atoms with Crippen molar-refractivity contribution in [2.45, 2.75) is 13.8 Å². The summed E-state index contributed by atoms with van der Waals surface area (Å²) in [5.41, 5.74) is 7.30. The molecule has 0 saturated carbocycles. The van der Waals surface area contributed by atoms with Crippen LogP contribution in [-0.4, -0.2) is 19.3 Å². The van der Waals surface area contributed by atoms with Crippen LogP contribution < -0.4 is 10.6 Å². The molecule has 0 aliphatic heterocycles. The molecule has 0 radical (unpaired) electrons. The predicted octanol–water partition coefficient (Wildman–Crippen LogP) is 2.83. The van der Waals surface area contributed by atoms with Crippen molar-refractivity contribution in [3.63, 3.8) is 0 Å². The van der Waals surface area contributed by atoms with Crippen LogP contribution in [0, 0.1) is 22.7 Å². The van der Waals surface area contributed by atoms with E-state index in [9.17, 15) is 0 Å². The number of rotatable bonds is 6. The fraction of sp³-hybridized carbons (Fsp3) is 0.235. The summed E-state index contributed by atoms with van der Waals surface area (Å²) >= 11 is 0. The summed E-state index contributed by atoms with van der Waals surface area (Å²) in [6, 6.07) is 11.6. The topological polar surface area (TPSA) is 89.2 Å². The molecule has 1 aromatic rings. The maximum Gasteiger partial charge on any atom is 0.174 e. The van der Waals surface area contributed by atoms with Gasteiger partial charge in [-0.25, -0.2) is 4.99 Å². The molecule has 0 bridgehead atoms. The van der Waals surface area contributed by atoms with E-state index in [1.54, 1.807) is 18.2 Å². The number of nitrogens with zero attached hydrogens (tertiary/aromatic N) is 4. The van der Waals surface area contributed by atoms with Crippen LogP contribution in [0.25, 0.3) is 6.08 Å². The quantitative estimate of drug-likeness (QED) is 0.645. The largest absolute Gasteiger partial charge is 0.388 e. The number of hydrogen-bond acceptors (Lipinski definition) is 5. The van der Waals surface area contributed by atoms with Gasteiger partial charge in [-0.3, -0.25) is 0 Å². The number of nitrogens with two attached hydrogens (primary N) is 1. The Bertz CT molecular complexity index is 650. The molecule has 0 atom stereocenters. The standard InChI is InChI=1S/C17H19N5/c1-3-22(4-2)15-9-7-14(8-10-15)6-5-11-21-17(13-19)16(20)12-18/h5-11H,3-4,20H2,1-2H3/b6-5+,17-16-,21-11+. The third-order valence-corrected chi connectivity index (χ3v) is 3.08. The Hall–Kier alpha value is -3.05. The molecule has 0 heterocycles. The zero-order valence-electron chi connectivity index (χ0n) is 12.8. The zero-order valence-corrected chi connectivity index (χ0v) is 12.8. The molecule has 0 aliphatic carbocycles. The van der Waals surface area contributed by atoms with Crippen LogP contribution >= 0.6 is 0 Å². The van der Waals surface area contributed by atoms with E-state index in [1.807, 2.05) is 18.2 Å². The van der Waals surface area contributed by atoms with Crippen LogP contribution in [0.2, 0.25) is 0 Å². The van der Waals surface area contributed by atoms with Gasteiger partial charge >= 0.3 is 0 Å². The van der Waals surface area contributed by atoms with E-state index in [4.69, 9.17) is 16.3 Å². The van der Waals surface area contributed by atoms with Gasteiger partial charge in [-0.1, -0.05) is 18.2 Å². The molecule has 5 nitrogen and oxygen atoms in total. The van der Waals surface area contributed by atoms with Crippen LogP contribution in [0.3, 0.4) is 0 Å². The van der Waals surface area contributed by atoms with Gasteiger partial charge in [0.1, 0.15) is 17.8 Å². The third kappa shape index (κ3) is 4.81. The first-order valence-electron chi connectivity index (χ1n) is 7.01. The number of hydrogen-bond donors (Lipinski definition) is 1. The zero-order chi connectivity index (χ0) is 16.4. The van der Waals surface area contributed by atoms with Crippen molar-refractivity contribution in [3.8, 4) is 12.1 Å². The van der Waals surface area contributed by atoms with Crippen molar-refractivity contribution < 1.29 is 0 Å². The van der Waals surface area contributed by atoms with Crippen molar-refractivity contribution in [1.82, 2.24) is 0 Å². The predicted molar refractivity (Wildman–Crippen MR) is 90.0 cm³/mol. The molecule has 0 aliphatic rings. The molecule has 0 aromatic heterocycles. The summed E-state index contributed by atoms with van der Waals surface area (Å²) in [5.74, 6) is 0. The Labute approximate surface area is 131 Å². The number of anilines is 1. The van der Waals surface area contributed by atoms with Gasteiger partial charge in [-0.15, -0.1) is 0 Å². The SMILES string of the molecule is CCN(CC)c1ccc(/C=C/C=N/C(C#N)=C(\N)C#N)cc1. The summed E-state index contributed by atoms with van der Waals surface area (Å²) in [6.07, 6.45) is 5.02. The molecular formula is C17H19N5. The maximum absolute atomic E-state index is 8.79. The highest BCUT2D eigenvalue weighted by molar-refractivity contribution is 5.79. The lowest BCUT2D eigenvalue weighted by molar-refractivity contribution is 0.866. The second kappa shape index (κ2) is 8.99. The van der Waals surface area contributed by atoms with Crippen LogP contribution in [0.15, 0.2) is 46.7 Å². The second-order valence-electron chi connectivity index (χ2n) is 4.39. The van der Waals surface area contributed by atoms with Crippen molar-refractivity contribution in [2.75, 3.05) is 18.0 Å². The van der Waals surface area contributed by atoms with Crippen LogP contribution in [0.5, 0.6) is 0 Å². The molecule has 0 saturated heterocycles. The highest BCUT2D eigenvalue weighted by atomic mass is 15.1. The summed E-state index contributed by atoms with van der Waals surface area (Å²) in [6.45, 7) is 6.20. The Morgan fingerprint density at radius 1 is 1.18 bits per heavy atom. The molecule has 0 spiro atoms. The van der Waals surface area contributed by atoms with E-state index in [1.165, 1.54) is 11.9 Å². The minimum Gasteiger partial charge on any atom is -0.388 e. The van der Waals surface area contributed by atoms with Gasteiger partial charge < -0.3 is 10.6 Å². The van der Waals surface area contributed by atoms with E-state index < -0.39 is 0 Å². The average Bonchev–Trinajstić information content (AvgIpc) is 2.56. The fourth-order valence-corrected chi connectivity index (χ4v) is 1.87. The first-order valence-corrected chi connectivity index (χ1v) is 7.01. The minimum absolute atomic E-state index is 0.0796. The number of nitriles is 2. The van der Waals surface area contributed by atoms with E-state index in [-0.39, 0.29) is 11.4 Å². The van der Waals surface area contributed by atoms with Gasteiger partial charge in [0.15, 0.2) is 5.70 Å². The Kier molecular flexibility index (Phi) is 6.95. The summed E-state index contributed by atoms with van der Waals surface area (Å²) in [5, 5.41) is 17.4. The van der Waals surface area contributed by atoms with Crippen LogP contribution in [0.4, 0.5) is 5.69 Å². The summed E-state index contributed by atoms with van der Waals surface area (Å²) in [7, 11) is 0. The third-order valence-electron chi connectivity index (χ3n) is 3.08. The highest BCUT2D eigenvalue weighted by Gasteiger charge is 2.00. The lowest BCUT2D eigenvalue weighted by atomic mass is 10.2. The molecule has 2 N–H and O–H groups in total. The first-order chi connectivity index (χ1) is 10.7. The fourth-order valence-electron chi connectivity index (χ4n) is 1.87. The lowest BCUT2D eigenvalue weighted by Crippen LogP contribution is -2.21. The molecule has 0 fully saturated rings. The number of benzene rings is 1. The summed E-state index contributed by atoms with van der Waals surface area (Å²) < 4.78 is 0. The molecule has 112 valence electrons. The highest BCUT2D eigenvalue weighted by Crippen LogP contribution is 2.15. The monoisotopic (exact) mass is 293 g/mol. The van der Waals surface area contributed by atoms with E-state index in [0.717, 1.165) is 18.7 Å². The van der Waals surface area contributed by atoms with Gasteiger partial charge in [-0.2, -0.15) is 10.5 Å². The normalized spacial score (nSPS) is 12.0. The van der Waals surface area contributed by atoms with Crippen molar-refractivity contribution in [2.24, 2.45) is 10.7 Å². The van der Waals surface area contributed by atoms with E-state index in [0.29, 0.717) is 0 Å². The van der Waals surface area contributed by atoms with Gasteiger partial charge in [0, 0.05) is 25.0 Å². The summed E-state index contributed by atoms with van der Waals surface area (Å²) in [4.78, 5) is 6.12. The molecular weight excluding hydrogens is 274 g/mol.